The maximum Gasteiger partial charge on any atom is 0.310 e. The van der Waals surface area contributed by atoms with Gasteiger partial charge in [-0.2, -0.15) is 0 Å². The van der Waals surface area contributed by atoms with Crippen molar-refractivity contribution in [2.24, 2.45) is 56.7 Å². The van der Waals surface area contributed by atoms with Crippen LogP contribution in [0, 0.1) is 56.7 Å². The van der Waals surface area contributed by atoms with Crippen molar-refractivity contribution in [1.82, 2.24) is 0 Å². The van der Waals surface area contributed by atoms with Crippen molar-refractivity contribution in [3.05, 3.63) is 12.2 Å². The molecule has 0 amide bonds. The number of aliphatic hydroxyl groups is 1. The number of rotatable bonds is 6. The van der Waals surface area contributed by atoms with Crippen LogP contribution in [0.4, 0.5) is 0 Å². The summed E-state index contributed by atoms with van der Waals surface area (Å²) in [5.74, 6) is 1.71. The van der Waals surface area contributed by atoms with Gasteiger partial charge in [0.25, 0.3) is 0 Å². The van der Waals surface area contributed by atoms with Gasteiger partial charge in [-0.3, -0.25) is 4.79 Å². The van der Waals surface area contributed by atoms with Gasteiger partial charge in [-0.05, 0) is 128 Å². The second kappa shape index (κ2) is 7.59. The fourth-order valence-electron chi connectivity index (χ4n) is 11.3. The Balaban J connectivity index is 1.35. The minimum absolute atomic E-state index is 0.0661. The molecule has 5 aliphatic rings. The number of carboxylic acid groups (broad SMARTS) is 1. The van der Waals surface area contributed by atoms with E-state index >= 15 is 0 Å². The minimum atomic E-state index is -0.747. The highest BCUT2D eigenvalue weighted by Gasteiger charge is 2.82. The summed E-state index contributed by atoms with van der Waals surface area (Å²) in [6.45, 7) is 18.3. The quantitative estimate of drug-likeness (QED) is 0.396. The molecule has 0 radical (unpaired) electrons. The molecule has 5 aliphatic carbocycles. The van der Waals surface area contributed by atoms with Gasteiger partial charge < -0.3 is 10.2 Å². The van der Waals surface area contributed by atoms with Crippen molar-refractivity contribution in [2.45, 2.75) is 118 Å². The van der Waals surface area contributed by atoms with E-state index in [1.807, 2.05) is 0 Å². The Morgan fingerprint density at radius 2 is 1.56 bits per heavy atom. The molecule has 192 valence electrons. The van der Waals surface area contributed by atoms with Crippen LogP contribution in [-0.4, -0.2) is 22.3 Å². The van der Waals surface area contributed by atoms with Crippen LogP contribution in [0.3, 0.4) is 0 Å². The van der Waals surface area contributed by atoms with Crippen LogP contribution < -0.4 is 0 Å². The van der Waals surface area contributed by atoms with E-state index in [-0.39, 0.29) is 11.5 Å². The molecule has 0 saturated heterocycles. The zero-order valence-corrected chi connectivity index (χ0v) is 22.8. The average Bonchev–Trinajstić information content (AvgIpc) is 3.36. The van der Waals surface area contributed by atoms with Crippen molar-refractivity contribution in [2.75, 3.05) is 0 Å². The lowest BCUT2D eigenvalue weighted by Crippen LogP contribution is -2.57. The Morgan fingerprint density at radius 1 is 0.912 bits per heavy atom. The van der Waals surface area contributed by atoms with Gasteiger partial charge in [0.1, 0.15) is 0 Å². The molecule has 0 unspecified atom stereocenters. The summed E-state index contributed by atoms with van der Waals surface area (Å²) in [7, 11) is 0. The van der Waals surface area contributed by atoms with Crippen LogP contribution in [0.2, 0.25) is 0 Å². The van der Waals surface area contributed by atoms with Gasteiger partial charge in [0.2, 0.25) is 0 Å². The first-order valence-electron chi connectivity index (χ1n) is 14.4. The lowest BCUT2D eigenvalue weighted by atomic mass is 9.41. The van der Waals surface area contributed by atoms with Crippen LogP contribution in [0.25, 0.3) is 0 Å². The van der Waals surface area contributed by atoms with Crippen molar-refractivity contribution < 1.29 is 15.0 Å². The monoisotopic (exact) mass is 470 g/mol. The molecule has 5 rings (SSSR count). The fraction of sp³-hybridized carbons (Fsp3) is 0.903. The maximum atomic E-state index is 11.4. The van der Waals surface area contributed by atoms with E-state index in [9.17, 15) is 15.0 Å². The predicted molar refractivity (Wildman–Crippen MR) is 137 cm³/mol. The standard InChI is InChI=1S/C31H50O3/c1-19(21(3)26(33)34)8-9-20(2)22-12-14-29(7)24-11-10-23-27(4,5)25(32)13-15-30(23)18-31(24,30)17-16-28(22,29)6/h20-25,32H,1,8-18H2,2-7H3,(H,33,34)/t20-,21+,22-,23+,24+,25+,28-,29+,30-,31+/m1/s1. The van der Waals surface area contributed by atoms with Gasteiger partial charge in [0, 0.05) is 0 Å². The number of aliphatic carboxylic acids is 1. The van der Waals surface area contributed by atoms with Crippen molar-refractivity contribution >= 4 is 5.97 Å². The second-order valence-corrected chi connectivity index (χ2v) is 14.8. The summed E-state index contributed by atoms with van der Waals surface area (Å²) < 4.78 is 0. The number of hydrogen-bond donors (Lipinski definition) is 2. The molecule has 0 aromatic carbocycles. The molecule has 5 fully saturated rings. The second-order valence-electron chi connectivity index (χ2n) is 14.8. The molecule has 34 heavy (non-hydrogen) atoms. The first-order chi connectivity index (χ1) is 15.8. The molecule has 0 heterocycles. The average molecular weight is 471 g/mol. The minimum Gasteiger partial charge on any atom is -0.481 e. The first-order valence-corrected chi connectivity index (χ1v) is 14.4. The van der Waals surface area contributed by atoms with Crippen LogP contribution in [-0.2, 0) is 4.79 Å². The number of carbonyl (C=O) groups is 1. The van der Waals surface area contributed by atoms with Crippen molar-refractivity contribution in [3.8, 4) is 0 Å². The van der Waals surface area contributed by atoms with Crippen LogP contribution in [0.1, 0.15) is 112 Å². The van der Waals surface area contributed by atoms with E-state index in [0.29, 0.717) is 33.5 Å². The van der Waals surface area contributed by atoms with E-state index in [2.05, 4.69) is 41.2 Å². The molecule has 0 aromatic heterocycles. The Morgan fingerprint density at radius 3 is 2.24 bits per heavy atom. The van der Waals surface area contributed by atoms with E-state index < -0.39 is 11.9 Å². The molecule has 0 bridgehead atoms. The van der Waals surface area contributed by atoms with E-state index in [1.165, 1.54) is 51.4 Å². The van der Waals surface area contributed by atoms with Crippen LogP contribution >= 0.6 is 0 Å². The Kier molecular flexibility index (Phi) is 5.55. The van der Waals surface area contributed by atoms with Crippen molar-refractivity contribution in [1.29, 1.82) is 0 Å². The molecule has 2 spiro atoms. The molecule has 2 N–H and O–H groups in total. The van der Waals surface area contributed by atoms with Gasteiger partial charge in [-0.15, -0.1) is 0 Å². The predicted octanol–water partition coefficient (Wildman–Crippen LogP) is 7.48. The summed E-state index contributed by atoms with van der Waals surface area (Å²) in [4.78, 5) is 11.4. The highest BCUT2D eigenvalue weighted by atomic mass is 16.4. The summed E-state index contributed by atoms with van der Waals surface area (Å²) in [6.07, 6.45) is 13.6. The Labute approximate surface area is 208 Å². The third kappa shape index (κ3) is 2.94. The normalized spacial score (nSPS) is 50.2. The Bertz CT molecular complexity index is 876. The van der Waals surface area contributed by atoms with Crippen LogP contribution in [0.15, 0.2) is 12.2 Å². The highest BCUT2D eigenvalue weighted by molar-refractivity contribution is 5.72. The first kappa shape index (κ1) is 24.8. The number of aliphatic hydroxyl groups excluding tert-OH is 1. The molecule has 10 atom stereocenters. The SMILES string of the molecule is C=C(CC[C@@H](C)[C@H]1CC[C@@]2(C)[C@@H]3CC[C@H]4C(C)(C)[C@@H](O)CC[C@@]45C[C@@]35CC[C@]12C)[C@H](C)C(=O)O. The molecule has 0 aliphatic heterocycles. The van der Waals surface area contributed by atoms with Crippen LogP contribution in [0.5, 0.6) is 0 Å². The third-order valence-corrected chi connectivity index (χ3v) is 13.7. The topological polar surface area (TPSA) is 57.5 Å². The van der Waals surface area contributed by atoms with E-state index in [0.717, 1.165) is 36.7 Å². The molecule has 3 heteroatoms. The number of fused-ring (bicyclic) bond motifs is 2. The zero-order chi connectivity index (χ0) is 24.9. The van der Waals surface area contributed by atoms with Gasteiger partial charge in [-0.25, -0.2) is 0 Å². The summed E-state index contributed by atoms with van der Waals surface area (Å²) in [5.41, 5.74) is 2.82. The summed E-state index contributed by atoms with van der Waals surface area (Å²) in [6, 6.07) is 0. The summed E-state index contributed by atoms with van der Waals surface area (Å²) >= 11 is 0. The highest BCUT2D eigenvalue weighted by Crippen LogP contribution is 2.89. The zero-order valence-electron chi connectivity index (χ0n) is 22.8. The molecule has 5 saturated carbocycles. The van der Waals surface area contributed by atoms with Gasteiger partial charge >= 0.3 is 5.97 Å². The molecular weight excluding hydrogens is 420 g/mol. The van der Waals surface area contributed by atoms with E-state index in [4.69, 9.17) is 0 Å². The smallest absolute Gasteiger partial charge is 0.310 e. The third-order valence-electron chi connectivity index (χ3n) is 13.7. The lowest BCUT2D eigenvalue weighted by Gasteiger charge is -2.63. The van der Waals surface area contributed by atoms with E-state index in [1.54, 1.807) is 6.92 Å². The maximum absolute atomic E-state index is 11.4. The van der Waals surface area contributed by atoms with Gasteiger partial charge in [0.05, 0.1) is 12.0 Å². The summed E-state index contributed by atoms with van der Waals surface area (Å²) in [5, 5.41) is 20.2. The largest absolute Gasteiger partial charge is 0.481 e. The van der Waals surface area contributed by atoms with Crippen molar-refractivity contribution in [3.63, 3.8) is 0 Å². The molecular formula is C31H50O3. The molecule has 0 aromatic rings. The number of hydrogen-bond acceptors (Lipinski definition) is 2. The van der Waals surface area contributed by atoms with Gasteiger partial charge in [-0.1, -0.05) is 46.8 Å². The molecule has 3 nitrogen and oxygen atoms in total. The van der Waals surface area contributed by atoms with Gasteiger partial charge in [0.15, 0.2) is 0 Å². The Hall–Kier alpha value is -0.830. The number of carboxylic acids is 1. The lowest BCUT2D eigenvalue weighted by molar-refractivity contribution is -0.161. The fourth-order valence-corrected chi connectivity index (χ4v) is 11.3.